The number of nitrogens with one attached hydrogen (secondary N) is 1. The number of fused-ring (bicyclic) bond motifs is 1. The van der Waals surface area contributed by atoms with Gasteiger partial charge in [0, 0.05) is 17.4 Å². The van der Waals surface area contributed by atoms with Crippen LogP contribution in [-0.4, -0.2) is 50.8 Å². The summed E-state index contributed by atoms with van der Waals surface area (Å²) in [4.78, 5) is 16.3. The van der Waals surface area contributed by atoms with Crippen molar-refractivity contribution in [3.8, 4) is 28.4 Å². The first-order valence-corrected chi connectivity index (χ1v) is 13.2. The monoisotopic (exact) mass is 496 g/mol. The van der Waals surface area contributed by atoms with E-state index in [0.29, 0.717) is 40.5 Å². The molecule has 1 aromatic heterocycles. The van der Waals surface area contributed by atoms with E-state index < -0.39 is 21.6 Å². The number of rotatable bonds is 9. The molecule has 0 saturated heterocycles. The number of H-pyrrole nitrogens is 1. The lowest BCUT2D eigenvalue weighted by Crippen LogP contribution is -2.28. The molecule has 8 nitrogen and oxygen atoms in total. The van der Waals surface area contributed by atoms with Crippen LogP contribution in [0.2, 0.25) is 0 Å². The summed E-state index contributed by atoms with van der Waals surface area (Å²) in [5, 5.41) is 0. The first-order valence-electron chi connectivity index (χ1n) is 11.1. The summed E-state index contributed by atoms with van der Waals surface area (Å²) in [5.41, 5.74) is 2.98. The second-order valence-electron chi connectivity index (χ2n) is 8.15. The van der Waals surface area contributed by atoms with Crippen molar-refractivity contribution in [1.82, 2.24) is 9.55 Å². The van der Waals surface area contributed by atoms with Crippen molar-refractivity contribution in [2.75, 3.05) is 32.8 Å². The molecular formula is C26H28N2O6S. The Bertz CT molecular complexity index is 1520. The molecule has 35 heavy (non-hydrogen) atoms. The molecule has 0 unspecified atom stereocenters. The molecule has 0 spiro atoms. The van der Waals surface area contributed by atoms with Crippen LogP contribution in [0.3, 0.4) is 0 Å². The lowest BCUT2D eigenvalue weighted by molar-refractivity contribution is 0.310. The van der Waals surface area contributed by atoms with E-state index in [1.165, 1.54) is 11.7 Å². The van der Waals surface area contributed by atoms with Crippen molar-refractivity contribution >= 4 is 20.9 Å². The normalized spacial score (nSPS) is 12.5. The van der Waals surface area contributed by atoms with Crippen molar-refractivity contribution in [3.05, 3.63) is 76.7 Å². The van der Waals surface area contributed by atoms with Gasteiger partial charge in [-0.25, -0.2) is 13.2 Å². The van der Waals surface area contributed by atoms with E-state index in [1.54, 1.807) is 31.4 Å². The van der Waals surface area contributed by atoms with E-state index in [1.807, 2.05) is 43.3 Å². The van der Waals surface area contributed by atoms with Gasteiger partial charge in [-0.15, -0.1) is 0 Å². The number of sulfone groups is 1. The van der Waals surface area contributed by atoms with Crippen LogP contribution in [0.5, 0.6) is 17.2 Å². The fraction of sp³-hybridized carbons (Fsp3) is 0.269. The summed E-state index contributed by atoms with van der Waals surface area (Å²) < 4.78 is 43.0. The third-order valence-corrected chi connectivity index (χ3v) is 6.72. The topological polar surface area (TPSA) is 99.6 Å². The second-order valence-corrected chi connectivity index (χ2v) is 10.3. The van der Waals surface area contributed by atoms with Crippen molar-refractivity contribution < 1.29 is 22.6 Å². The minimum atomic E-state index is -3.46. The molecule has 0 fully saturated rings. The lowest BCUT2D eigenvalue weighted by atomic mass is 10.0. The summed E-state index contributed by atoms with van der Waals surface area (Å²) in [6.07, 6.45) is 1.16. The molecule has 0 bridgehead atoms. The average molecular weight is 497 g/mol. The highest BCUT2D eigenvalue weighted by atomic mass is 32.2. The number of ether oxygens (including phenoxy) is 3. The number of nitrogens with zero attached hydrogens (tertiary/aromatic N) is 1. The van der Waals surface area contributed by atoms with Crippen LogP contribution in [0.15, 0.2) is 65.5 Å². The lowest BCUT2D eigenvalue weighted by Gasteiger charge is -2.20. The van der Waals surface area contributed by atoms with E-state index in [-0.39, 0.29) is 5.75 Å². The Balaban J connectivity index is 1.96. The number of aromatic nitrogens is 2. The molecule has 3 aromatic carbocycles. The molecule has 1 N–H and O–H groups in total. The van der Waals surface area contributed by atoms with Crippen LogP contribution in [0.25, 0.3) is 22.2 Å². The molecule has 0 radical (unpaired) electrons. The number of benzene rings is 3. The molecule has 1 atom stereocenters. The minimum Gasteiger partial charge on any atom is -0.496 e. The number of aromatic amines is 1. The van der Waals surface area contributed by atoms with Crippen molar-refractivity contribution in [1.29, 1.82) is 0 Å². The molecule has 4 aromatic rings. The number of hydrogen-bond acceptors (Lipinski definition) is 6. The maximum absolute atomic E-state index is 13.3. The quantitative estimate of drug-likeness (QED) is 0.375. The minimum absolute atomic E-state index is 0.267. The van der Waals surface area contributed by atoms with Gasteiger partial charge in [-0.1, -0.05) is 36.4 Å². The van der Waals surface area contributed by atoms with Crippen LogP contribution in [0, 0.1) is 0 Å². The summed E-state index contributed by atoms with van der Waals surface area (Å²) in [6, 6.07) is 17.5. The van der Waals surface area contributed by atoms with Crippen LogP contribution < -0.4 is 19.9 Å². The Morgan fingerprint density at radius 3 is 2.31 bits per heavy atom. The molecule has 9 heteroatoms. The SMILES string of the molecule is CCOc1cc([C@@H](CS(C)(=O)=O)n2c(=O)[nH]c3c(-c4ccccc4OC)cccc32)ccc1OC. The zero-order valence-electron chi connectivity index (χ0n) is 20.1. The maximum Gasteiger partial charge on any atom is 0.327 e. The van der Waals surface area contributed by atoms with Gasteiger partial charge in [-0.3, -0.25) is 4.57 Å². The fourth-order valence-corrected chi connectivity index (χ4v) is 5.24. The zero-order valence-corrected chi connectivity index (χ0v) is 20.9. The molecule has 1 heterocycles. The highest BCUT2D eigenvalue weighted by molar-refractivity contribution is 7.90. The average Bonchev–Trinajstić information content (AvgIpc) is 3.17. The predicted molar refractivity (Wildman–Crippen MR) is 137 cm³/mol. The highest BCUT2D eigenvalue weighted by Crippen LogP contribution is 2.36. The van der Waals surface area contributed by atoms with Crippen molar-refractivity contribution in [2.24, 2.45) is 0 Å². The van der Waals surface area contributed by atoms with E-state index in [4.69, 9.17) is 14.2 Å². The van der Waals surface area contributed by atoms with Crippen LogP contribution in [0.4, 0.5) is 0 Å². The zero-order chi connectivity index (χ0) is 25.2. The highest BCUT2D eigenvalue weighted by Gasteiger charge is 2.26. The Hall–Kier alpha value is -3.72. The molecule has 0 aliphatic carbocycles. The van der Waals surface area contributed by atoms with E-state index in [9.17, 15) is 13.2 Å². The molecule has 0 aliphatic rings. The van der Waals surface area contributed by atoms with Gasteiger partial charge in [0.05, 0.1) is 43.7 Å². The Morgan fingerprint density at radius 1 is 0.914 bits per heavy atom. The number of hydrogen-bond donors (Lipinski definition) is 1. The maximum atomic E-state index is 13.3. The molecule has 0 saturated carbocycles. The predicted octanol–water partition coefficient (Wildman–Crippen LogP) is 4.05. The molecule has 0 aliphatic heterocycles. The van der Waals surface area contributed by atoms with E-state index in [2.05, 4.69) is 4.98 Å². The molecular weight excluding hydrogens is 468 g/mol. The summed E-state index contributed by atoms with van der Waals surface area (Å²) >= 11 is 0. The van der Waals surface area contributed by atoms with E-state index >= 15 is 0 Å². The van der Waals surface area contributed by atoms with Gasteiger partial charge in [0.1, 0.15) is 15.6 Å². The standard InChI is InChI=1S/C26H28N2O6S/c1-5-34-24-15-17(13-14-23(24)33-3)21(16-35(4,30)31)28-20-11-8-10-19(25(20)27-26(28)29)18-9-6-7-12-22(18)32-2/h6-15,21H,5,16H2,1-4H3,(H,27,29)/t21-/m1/s1. The van der Waals surface area contributed by atoms with Crippen LogP contribution in [0.1, 0.15) is 18.5 Å². The van der Waals surface area contributed by atoms with Gasteiger partial charge < -0.3 is 19.2 Å². The largest absolute Gasteiger partial charge is 0.496 e. The van der Waals surface area contributed by atoms with Crippen LogP contribution >= 0.6 is 0 Å². The Labute approximate surface area is 204 Å². The number of methoxy groups -OCH3 is 2. The summed E-state index contributed by atoms with van der Waals surface area (Å²) in [7, 11) is -0.334. The number of para-hydroxylation sites is 2. The second kappa shape index (κ2) is 9.87. The van der Waals surface area contributed by atoms with Gasteiger partial charge in [0.25, 0.3) is 0 Å². The van der Waals surface area contributed by atoms with Crippen LogP contribution in [-0.2, 0) is 9.84 Å². The Morgan fingerprint density at radius 2 is 1.63 bits per heavy atom. The summed E-state index contributed by atoms with van der Waals surface area (Å²) in [6.45, 7) is 2.26. The fourth-order valence-electron chi connectivity index (χ4n) is 4.33. The van der Waals surface area contributed by atoms with Gasteiger partial charge >= 0.3 is 5.69 Å². The first kappa shape index (κ1) is 24.4. The van der Waals surface area contributed by atoms with Gasteiger partial charge in [0.2, 0.25) is 0 Å². The van der Waals surface area contributed by atoms with Crippen molar-refractivity contribution in [3.63, 3.8) is 0 Å². The Kier molecular flexibility index (Phi) is 6.88. The van der Waals surface area contributed by atoms with E-state index in [0.717, 1.165) is 17.4 Å². The van der Waals surface area contributed by atoms with Crippen molar-refractivity contribution in [2.45, 2.75) is 13.0 Å². The number of imidazole rings is 1. The smallest absolute Gasteiger partial charge is 0.327 e. The molecule has 4 rings (SSSR count). The third-order valence-electron chi connectivity index (χ3n) is 5.79. The molecule has 0 amide bonds. The van der Waals surface area contributed by atoms with Gasteiger partial charge in [0.15, 0.2) is 11.5 Å². The first-order chi connectivity index (χ1) is 16.8. The molecule has 184 valence electrons. The van der Waals surface area contributed by atoms with Gasteiger partial charge in [-0.05, 0) is 36.8 Å². The summed E-state index contributed by atoms with van der Waals surface area (Å²) in [5.74, 6) is 1.40. The van der Waals surface area contributed by atoms with Gasteiger partial charge in [-0.2, -0.15) is 0 Å². The third kappa shape index (κ3) is 4.90.